The van der Waals surface area contributed by atoms with Crippen molar-refractivity contribution in [3.05, 3.63) is 29.8 Å². The molecule has 7 nitrogen and oxygen atoms in total. The van der Waals surface area contributed by atoms with Crippen LogP contribution in [-0.4, -0.2) is 66.5 Å². The lowest BCUT2D eigenvalue weighted by atomic mass is 10.2. The van der Waals surface area contributed by atoms with Crippen molar-refractivity contribution in [2.24, 2.45) is 0 Å². The Kier molecular flexibility index (Phi) is 7.93. The molecule has 1 fully saturated rings. The first-order valence-electron chi connectivity index (χ1n) is 8.71. The highest BCUT2D eigenvalue weighted by atomic mass is 32.2. The summed E-state index contributed by atoms with van der Waals surface area (Å²) in [4.78, 5) is 38.2. The molecule has 1 aliphatic heterocycles. The Balaban J connectivity index is 1.97. The van der Waals surface area contributed by atoms with Gasteiger partial charge in [-0.2, -0.15) is 11.8 Å². The number of carbonyl (C=O) groups excluding carboxylic acids is 3. The van der Waals surface area contributed by atoms with E-state index >= 15 is 0 Å². The Bertz CT molecular complexity index is 653. The van der Waals surface area contributed by atoms with Crippen molar-refractivity contribution in [1.82, 2.24) is 10.2 Å². The first kappa shape index (κ1) is 20.3. The molecule has 2 amide bonds. The van der Waals surface area contributed by atoms with Gasteiger partial charge in [0.05, 0.1) is 13.2 Å². The summed E-state index contributed by atoms with van der Waals surface area (Å²) in [7, 11) is 0. The third kappa shape index (κ3) is 5.74. The van der Waals surface area contributed by atoms with Crippen molar-refractivity contribution < 1.29 is 19.1 Å². The van der Waals surface area contributed by atoms with E-state index in [9.17, 15) is 14.4 Å². The fourth-order valence-corrected chi connectivity index (χ4v) is 3.77. The number of ether oxygens (including phenoxy) is 1. The molecule has 0 aromatic heterocycles. The summed E-state index contributed by atoms with van der Waals surface area (Å²) < 4.78 is 5.11. The fourth-order valence-electron chi connectivity index (χ4n) is 2.67. The maximum Gasteiger partial charge on any atom is 0.324 e. The highest BCUT2D eigenvalue weighted by molar-refractivity contribution is 7.99. The van der Waals surface area contributed by atoms with Gasteiger partial charge < -0.3 is 15.4 Å². The maximum absolute atomic E-state index is 12.4. The van der Waals surface area contributed by atoms with Crippen LogP contribution >= 0.6 is 11.8 Å². The second-order valence-electron chi connectivity index (χ2n) is 5.80. The topological polar surface area (TPSA) is 87.7 Å². The highest BCUT2D eigenvalue weighted by Gasteiger charge is 2.31. The molecule has 0 radical (unpaired) electrons. The lowest BCUT2D eigenvalue weighted by molar-refractivity contribution is -0.148. The predicted molar refractivity (Wildman–Crippen MR) is 102 cm³/mol. The molecule has 1 atom stereocenters. The molecular weight excluding hydrogens is 354 g/mol. The minimum atomic E-state index is -0.402. The van der Waals surface area contributed by atoms with Crippen LogP contribution in [0.5, 0.6) is 0 Å². The molecule has 8 heteroatoms. The van der Waals surface area contributed by atoms with Gasteiger partial charge >= 0.3 is 5.97 Å². The zero-order valence-corrected chi connectivity index (χ0v) is 15.9. The number of carbonyl (C=O) groups is 3. The van der Waals surface area contributed by atoms with E-state index in [0.717, 1.165) is 5.75 Å². The summed E-state index contributed by atoms with van der Waals surface area (Å²) in [5, 5.41) is 5.52. The van der Waals surface area contributed by atoms with Crippen molar-refractivity contribution in [2.75, 3.05) is 43.1 Å². The normalized spacial score (nSPS) is 17.4. The predicted octanol–water partition coefficient (Wildman–Crippen LogP) is 1.36. The molecule has 1 unspecified atom stereocenters. The quantitative estimate of drug-likeness (QED) is 0.696. The van der Waals surface area contributed by atoms with Crippen molar-refractivity contribution in [2.45, 2.75) is 19.9 Å². The number of nitrogens with zero attached hydrogens (tertiary/aromatic N) is 1. The maximum atomic E-state index is 12.4. The Morgan fingerprint density at radius 2 is 2.12 bits per heavy atom. The Morgan fingerprint density at radius 3 is 2.85 bits per heavy atom. The van der Waals surface area contributed by atoms with Gasteiger partial charge in [-0.25, -0.2) is 0 Å². The summed E-state index contributed by atoms with van der Waals surface area (Å²) in [5.41, 5.74) is 1.04. The molecule has 1 saturated heterocycles. The van der Waals surface area contributed by atoms with Crippen LogP contribution in [0.15, 0.2) is 24.3 Å². The van der Waals surface area contributed by atoms with Crippen LogP contribution in [0, 0.1) is 0 Å². The monoisotopic (exact) mass is 379 g/mol. The number of benzene rings is 1. The summed E-state index contributed by atoms with van der Waals surface area (Å²) >= 11 is 1.68. The number of hydrogen-bond donors (Lipinski definition) is 2. The van der Waals surface area contributed by atoms with E-state index in [-0.39, 0.29) is 24.3 Å². The number of amides is 2. The molecule has 142 valence electrons. The van der Waals surface area contributed by atoms with Gasteiger partial charge in [0.25, 0.3) is 5.91 Å². The molecule has 0 bridgehead atoms. The fraction of sp³-hybridized carbons (Fsp3) is 0.500. The van der Waals surface area contributed by atoms with E-state index in [1.54, 1.807) is 43.0 Å². The molecule has 26 heavy (non-hydrogen) atoms. The molecule has 2 N–H and O–H groups in total. The Hall–Kier alpha value is -2.06. The Labute approximate surface area is 157 Å². The summed E-state index contributed by atoms with van der Waals surface area (Å²) in [6, 6.07) is 6.38. The van der Waals surface area contributed by atoms with E-state index in [1.165, 1.54) is 0 Å². The van der Waals surface area contributed by atoms with Crippen LogP contribution < -0.4 is 10.6 Å². The molecule has 1 aliphatic rings. The third-order valence-electron chi connectivity index (χ3n) is 3.89. The number of anilines is 1. The smallest absolute Gasteiger partial charge is 0.324 e. The molecule has 0 saturated carbocycles. The first-order valence-corrected chi connectivity index (χ1v) is 9.87. The number of hydrogen-bond acceptors (Lipinski definition) is 6. The van der Waals surface area contributed by atoms with E-state index < -0.39 is 6.04 Å². The molecule has 1 aromatic rings. The number of nitrogens with one attached hydrogen (secondary N) is 2. The molecule has 0 spiro atoms. The first-order chi connectivity index (χ1) is 12.5. The van der Waals surface area contributed by atoms with Crippen molar-refractivity contribution in [3.63, 3.8) is 0 Å². The summed E-state index contributed by atoms with van der Waals surface area (Å²) in [6.45, 7) is 5.24. The second kappa shape index (κ2) is 10.2. The average molecular weight is 379 g/mol. The summed E-state index contributed by atoms with van der Waals surface area (Å²) in [6.07, 6.45) is 0. The van der Waals surface area contributed by atoms with Gasteiger partial charge in [0.1, 0.15) is 6.04 Å². The third-order valence-corrected chi connectivity index (χ3v) is 4.91. The van der Waals surface area contributed by atoms with Gasteiger partial charge in [-0.05, 0) is 32.0 Å². The molecule has 1 aromatic carbocycles. The van der Waals surface area contributed by atoms with Crippen molar-refractivity contribution >= 4 is 35.2 Å². The molecule has 2 rings (SSSR count). The van der Waals surface area contributed by atoms with Crippen molar-refractivity contribution in [1.29, 1.82) is 0 Å². The number of rotatable bonds is 7. The average Bonchev–Trinajstić information content (AvgIpc) is 2.62. The minimum absolute atomic E-state index is 0.107. The standard InChI is InChI=1S/C18H25N3O4S/c1-3-19-17(23)13-6-5-7-14(10-13)20-16(22)11-21-8-9-26-12-15(21)18(24)25-4-2/h5-7,10,15H,3-4,8-9,11-12H2,1-2H3,(H,19,23)(H,20,22). The number of esters is 1. The molecular formula is C18H25N3O4S. The van der Waals surface area contributed by atoms with Gasteiger partial charge in [0.2, 0.25) is 5.91 Å². The van der Waals surface area contributed by atoms with Crippen LogP contribution in [0.2, 0.25) is 0 Å². The van der Waals surface area contributed by atoms with E-state index in [0.29, 0.717) is 36.7 Å². The number of thioether (sulfide) groups is 1. The zero-order chi connectivity index (χ0) is 18.9. The van der Waals surface area contributed by atoms with Crippen molar-refractivity contribution in [3.8, 4) is 0 Å². The molecule has 1 heterocycles. The summed E-state index contributed by atoms with van der Waals surface area (Å²) in [5.74, 6) is 0.804. The second-order valence-corrected chi connectivity index (χ2v) is 6.95. The van der Waals surface area contributed by atoms with Crippen LogP contribution in [0.1, 0.15) is 24.2 Å². The molecule has 0 aliphatic carbocycles. The lowest BCUT2D eigenvalue weighted by Gasteiger charge is -2.32. The van der Waals surface area contributed by atoms with Crippen LogP contribution in [0.4, 0.5) is 5.69 Å². The van der Waals surface area contributed by atoms with Gasteiger partial charge in [0, 0.05) is 35.8 Å². The van der Waals surface area contributed by atoms with Gasteiger partial charge in [0.15, 0.2) is 0 Å². The van der Waals surface area contributed by atoms with Crippen LogP contribution in [0.3, 0.4) is 0 Å². The van der Waals surface area contributed by atoms with Crippen LogP contribution in [-0.2, 0) is 14.3 Å². The zero-order valence-electron chi connectivity index (χ0n) is 15.1. The SMILES string of the molecule is CCNC(=O)c1cccc(NC(=O)CN2CCSCC2C(=O)OCC)c1. The van der Waals surface area contributed by atoms with Crippen LogP contribution in [0.25, 0.3) is 0 Å². The Morgan fingerprint density at radius 1 is 1.31 bits per heavy atom. The largest absolute Gasteiger partial charge is 0.465 e. The van der Waals surface area contributed by atoms with Gasteiger partial charge in [-0.3, -0.25) is 19.3 Å². The van der Waals surface area contributed by atoms with Gasteiger partial charge in [-0.1, -0.05) is 6.07 Å². The lowest BCUT2D eigenvalue weighted by Crippen LogP contribution is -2.50. The van der Waals surface area contributed by atoms with E-state index in [2.05, 4.69) is 10.6 Å². The van der Waals surface area contributed by atoms with Gasteiger partial charge in [-0.15, -0.1) is 0 Å². The minimum Gasteiger partial charge on any atom is -0.465 e. The van der Waals surface area contributed by atoms with E-state index in [4.69, 9.17) is 4.74 Å². The van der Waals surface area contributed by atoms with E-state index in [1.807, 2.05) is 11.8 Å². The highest BCUT2D eigenvalue weighted by Crippen LogP contribution is 2.18.